The van der Waals surface area contributed by atoms with Gasteiger partial charge in [-0.15, -0.1) is 0 Å². The Morgan fingerprint density at radius 1 is 1.05 bits per heavy atom. The lowest BCUT2D eigenvalue weighted by Crippen LogP contribution is -2.08. The van der Waals surface area contributed by atoms with Gasteiger partial charge in [0.25, 0.3) is 11.4 Å². The standard InChI is InChI=1S/C26H20BrN3O8/c1-3-36-23-13-17(11-20(27)24(23)37-14-16-6-4-7-18(10-16)29(32)33)12-21-26(31)38-25(28-21)19-8-5-9-22(15(19)2)30(34)35/h4-13H,3,14H2,1-2H3/b21-12-. The fraction of sp³-hybridized carbons (Fsp3) is 0.154. The van der Waals surface area contributed by atoms with Gasteiger partial charge in [-0.25, -0.2) is 9.79 Å². The molecule has 194 valence electrons. The minimum atomic E-state index is -0.703. The lowest BCUT2D eigenvalue weighted by atomic mass is 10.1. The third-order valence-electron chi connectivity index (χ3n) is 5.49. The molecule has 38 heavy (non-hydrogen) atoms. The molecule has 1 heterocycles. The summed E-state index contributed by atoms with van der Waals surface area (Å²) in [6.07, 6.45) is 1.50. The highest BCUT2D eigenvalue weighted by atomic mass is 79.9. The fourth-order valence-electron chi connectivity index (χ4n) is 3.72. The van der Waals surface area contributed by atoms with Crippen LogP contribution in [0.15, 0.2) is 69.8 Å². The number of nitro benzene ring substituents is 2. The monoisotopic (exact) mass is 581 g/mol. The van der Waals surface area contributed by atoms with E-state index in [2.05, 4.69) is 20.9 Å². The molecule has 3 aromatic carbocycles. The van der Waals surface area contributed by atoms with Crippen molar-refractivity contribution >= 4 is 45.2 Å². The molecule has 0 saturated heterocycles. The van der Waals surface area contributed by atoms with Gasteiger partial charge in [-0.3, -0.25) is 20.2 Å². The van der Waals surface area contributed by atoms with Gasteiger partial charge in [-0.1, -0.05) is 18.2 Å². The summed E-state index contributed by atoms with van der Waals surface area (Å²) in [6, 6.07) is 13.9. The maximum atomic E-state index is 12.5. The van der Waals surface area contributed by atoms with E-state index in [-0.39, 0.29) is 29.6 Å². The second-order valence-corrected chi connectivity index (χ2v) is 8.88. The van der Waals surface area contributed by atoms with Gasteiger partial charge < -0.3 is 14.2 Å². The summed E-state index contributed by atoms with van der Waals surface area (Å²) in [5.41, 5.74) is 1.69. The molecule has 0 amide bonds. The minimum Gasteiger partial charge on any atom is -0.490 e. The lowest BCUT2D eigenvalue weighted by Gasteiger charge is -2.15. The van der Waals surface area contributed by atoms with Gasteiger partial charge in [0.15, 0.2) is 17.2 Å². The number of halogens is 1. The van der Waals surface area contributed by atoms with Crippen LogP contribution >= 0.6 is 15.9 Å². The van der Waals surface area contributed by atoms with Crippen LogP contribution in [0.2, 0.25) is 0 Å². The van der Waals surface area contributed by atoms with Crippen LogP contribution in [0.3, 0.4) is 0 Å². The van der Waals surface area contributed by atoms with Crippen molar-refractivity contribution in [1.82, 2.24) is 0 Å². The van der Waals surface area contributed by atoms with E-state index in [1.54, 1.807) is 44.2 Å². The number of benzene rings is 3. The molecule has 0 unspecified atom stereocenters. The molecule has 0 saturated carbocycles. The predicted molar refractivity (Wildman–Crippen MR) is 141 cm³/mol. The van der Waals surface area contributed by atoms with Crippen LogP contribution in [-0.4, -0.2) is 28.3 Å². The summed E-state index contributed by atoms with van der Waals surface area (Å²) in [5, 5.41) is 22.3. The molecule has 12 heteroatoms. The zero-order valence-corrected chi connectivity index (χ0v) is 21.8. The third kappa shape index (κ3) is 5.70. The number of carbonyl (C=O) groups excluding carboxylic acids is 1. The molecule has 1 aliphatic heterocycles. The zero-order valence-electron chi connectivity index (χ0n) is 20.2. The van der Waals surface area contributed by atoms with E-state index in [1.165, 1.54) is 30.3 Å². The molecule has 0 spiro atoms. The van der Waals surface area contributed by atoms with Gasteiger partial charge >= 0.3 is 5.97 Å². The number of nitrogens with zero attached hydrogens (tertiary/aromatic N) is 3. The molecule has 0 radical (unpaired) electrons. The normalized spacial score (nSPS) is 13.7. The highest BCUT2D eigenvalue weighted by Crippen LogP contribution is 2.38. The first-order chi connectivity index (χ1) is 18.2. The quantitative estimate of drug-likeness (QED) is 0.131. The first-order valence-corrected chi connectivity index (χ1v) is 12.1. The zero-order chi connectivity index (χ0) is 27.4. The average Bonchev–Trinajstić information content (AvgIpc) is 3.23. The second-order valence-electron chi connectivity index (χ2n) is 8.02. The molecule has 3 aromatic rings. The SMILES string of the molecule is CCOc1cc(/C=C2\N=C(c3cccc([N+](=O)[O-])c3C)OC2=O)cc(Br)c1OCc1cccc([N+](=O)[O-])c1. The van der Waals surface area contributed by atoms with Crippen molar-refractivity contribution in [1.29, 1.82) is 0 Å². The van der Waals surface area contributed by atoms with Crippen LogP contribution < -0.4 is 9.47 Å². The van der Waals surface area contributed by atoms with Crippen molar-refractivity contribution in [3.8, 4) is 11.5 Å². The predicted octanol–water partition coefficient (Wildman–Crippen LogP) is 5.90. The van der Waals surface area contributed by atoms with E-state index in [0.717, 1.165) is 0 Å². The van der Waals surface area contributed by atoms with Crippen LogP contribution in [-0.2, 0) is 16.1 Å². The highest BCUT2D eigenvalue weighted by Gasteiger charge is 2.27. The maximum absolute atomic E-state index is 12.5. The summed E-state index contributed by atoms with van der Waals surface area (Å²) in [5.74, 6) is 0.0320. The number of aliphatic imine (C=N–C) groups is 1. The number of hydrogen-bond acceptors (Lipinski definition) is 9. The number of hydrogen-bond donors (Lipinski definition) is 0. The van der Waals surface area contributed by atoms with Crippen LogP contribution in [0.4, 0.5) is 11.4 Å². The van der Waals surface area contributed by atoms with Gasteiger partial charge in [-0.2, -0.15) is 0 Å². The molecule has 0 N–H and O–H groups in total. The maximum Gasteiger partial charge on any atom is 0.363 e. The summed E-state index contributed by atoms with van der Waals surface area (Å²) in [7, 11) is 0. The number of nitro groups is 2. The summed E-state index contributed by atoms with van der Waals surface area (Å²) >= 11 is 3.47. The molecule has 4 rings (SSSR count). The highest BCUT2D eigenvalue weighted by molar-refractivity contribution is 9.10. The largest absolute Gasteiger partial charge is 0.490 e. The average molecular weight is 582 g/mol. The smallest absolute Gasteiger partial charge is 0.363 e. The third-order valence-corrected chi connectivity index (χ3v) is 6.08. The van der Waals surface area contributed by atoms with Gasteiger partial charge in [-0.05, 0) is 65.2 Å². The minimum absolute atomic E-state index is 0.00511. The molecular formula is C26H20BrN3O8. The van der Waals surface area contributed by atoms with Crippen molar-refractivity contribution in [3.63, 3.8) is 0 Å². The van der Waals surface area contributed by atoms with Crippen LogP contribution in [0.5, 0.6) is 11.5 Å². The Morgan fingerprint density at radius 3 is 2.53 bits per heavy atom. The summed E-state index contributed by atoms with van der Waals surface area (Å²) in [4.78, 5) is 38.1. The Balaban J connectivity index is 1.63. The Bertz CT molecular complexity index is 1520. The first-order valence-electron chi connectivity index (χ1n) is 11.3. The second kappa shape index (κ2) is 11.2. The summed E-state index contributed by atoms with van der Waals surface area (Å²) in [6.45, 7) is 3.75. The van der Waals surface area contributed by atoms with Gasteiger partial charge in [0, 0.05) is 29.3 Å². The first kappa shape index (κ1) is 26.5. The van der Waals surface area contributed by atoms with Crippen molar-refractivity contribution < 1.29 is 28.9 Å². The van der Waals surface area contributed by atoms with E-state index < -0.39 is 15.8 Å². The van der Waals surface area contributed by atoms with Crippen molar-refractivity contribution in [3.05, 3.63) is 107 Å². The molecule has 0 aliphatic carbocycles. The van der Waals surface area contributed by atoms with Crippen molar-refractivity contribution in [2.45, 2.75) is 20.5 Å². The Labute approximate surface area is 224 Å². The lowest BCUT2D eigenvalue weighted by molar-refractivity contribution is -0.385. The number of cyclic esters (lactones) is 1. The van der Waals surface area contributed by atoms with Gasteiger partial charge in [0.1, 0.15) is 6.61 Å². The fourth-order valence-corrected chi connectivity index (χ4v) is 4.30. The Hall–Kier alpha value is -4.58. The molecule has 0 atom stereocenters. The van der Waals surface area contributed by atoms with Crippen LogP contribution in [0.1, 0.15) is 29.2 Å². The molecule has 0 aromatic heterocycles. The topological polar surface area (TPSA) is 143 Å². The molecule has 0 bridgehead atoms. The van der Waals surface area contributed by atoms with E-state index in [9.17, 15) is 25.0 Å². The number of ether oxygens (including phenoxy) is 3. The molecule has 11 nitrogen and oxygen atoms in total. The van der Waals surface area contributed by atoms with Crippen LogP contribution in [0, 0.1) is 27.2 Å². The van der Waals surface area contributed by atoms with E-state index in [4.69, 9.17) is 14.2 Å². The van der Waals surface area contributed by atoms with Crippen LogP contribution in [0.25, 0.3) is 6.08 Å². The van der Waals surface area contributed by atoms with E-state index >= 15 is 0 Å². The number of rotatable bonds is 9. The molecule has 1 aliphatic rings. The molecule has 0 fully saturated rings. The van der Waals surface area contributed by atoms with Crippen molar-refractivity contribution in [2.24, 2.45) is 4.99 Å². The van der Waals surface area contributed by atoms with Crippen molar-refractivity contribution in [2.75, 3.05) is 6.61 Å². The van der Waals surface area contributed by atoms with E-state index in [0.29, 0.717) is 44.8 Å². The van der Waals surface area contributed by atoms with Gasteiger partial charge in [0.2, 0.25) is 5.90 Å². The number of non-ortho nitro benzene ring substituents is 1. The van der Waals surface area contributed by atoms with Gasteiger partial charge in [0.05, 0.1) is 20.9 Å². The number of carbonyl (C=O) groups is 1. The Kier molecular flexibility index (Phi) is 7.82. The molecular weight excluding hydrogens is 562 g/mol. The summed E-state index contributed by atoms with van der Waals surface area (Å²) < 4.78 is 17.5. The number of esters is 1. The Morgan fingerprint density at radius 2 is 1.82 bits per heavy atom. The van der Waals surface area contributed by atoms with E-state index in [1.807, 2.05) is 0 Å².